The van der Waals surface area contributed by atoms with Crippen molar-refractivity contribution in [3.8, 4) is 0 Å². The first-order chi connectivity index (χ1) is 5.54. The van der Waals surface area contributed by atoms with E-state index in [1.54, 1.807) is 0 Å². The normalized spacial score (nSPS) is 10.8. The van der Waals surface area contributed by atoms with Gasteiger partial charge in [-0.3, -0.25) is 0 Å². The maximum absolute atomic E-state index is 12.3. The second-order valence-electron chi connectivity index (χ2n) is 1.93. The van der Waals surface area contributed by atoms with Crippen LogP contribution in [-0.4, -0.2) is 4.98 Å². The third-order valence-corrected chi connectivity index (χ3v) is 3.42. The summed E-state index contributed by atoms with van der Waals surface area (Å²) in [6.07, 6.45) is -1.43. The van der Waals surface area contributed by atoms with Gasteiger partial charge in [0, 0.05) is 6.20 Å². The summed E-state index contributed by atoms with van der Waals surface area (Å²) in [6, 6.07) is 0. The molecule has 1 rings (SSSR count). The minimum absolute atomic E-state index is 0.0416. The first-order valence-electron chi connectivity index (χ1n) is 2.81. The summed E-state index contributed by atoms with van der Waals surface area (Å²) in [5.74, 6) is 0. The first kappa shape index (κ1) is 10.3. The molecule has 0 radical (unpaired) electrons. The Bertz CT molecular complexity index is 306. The van der Waals surface area contributed by atoms with E-state index in [0.717, 1.165) is 0 Å². The average Bonchev–Trinajstić information content (AvgIpc) is 1.97. The van der Waals surface area contributed by atoms with Gasteiger partial charge in [0.2, 0.25) is 0 Å². The van der Waals surface area contributed by atoms with Crippen LogP contribution in [-0.2, 0) is 0 Å². The van der Waals surface area contributed by atoms with Crippen LogP contribution in [0.25, 0.3) is 0 Å². The molecule has 0 saturated heterocycles. The zero-order chi connectivity index (χ0) is 9.30. The molecular weight excluding hydrogens is 319 g/mol. The largest absolute Gasteiger partial charge is 0.266 e. The number of hydrogen-bond acceptors (Lipinski definition) is 1. The van der Waals surface area contributed by atoms with Crippen molar-refractivity contribution in [2.24, 2.45) is 0 Å². The molecule has 0 saturated carbocycles. The summed E-state index contributed by atoms with van der Waals surface area (Å²) in [4.78, 5) is 3.73. The van der Waals surface area contributed by atoms with E-state index in [2.05, 4.69) is 36.8 Å². The number of aromatic nitrogens is 1. The Morgan fingerprint density at radius 3 is 2.42 bits per heavy atom. The molecule has 0 unspecified atom stereocenters. The fraction of sp³-hybridized carbons (Fsp3) is 0.167. The topological polar surface area (TPSA) is 12.9 Å². The van der Waals surface area contributed by atoms with Gasteiger partial charge in [-0.1, -0.05) is 11.6 Å². The summed E-state index contributed by atoms with van der Waals surface area (Å²) >= 11 is 11.5. The Labute approximate surface area is 89.4 Å². The molecule has 0 fully saturated rings. The first-order valence-corrected chi connectivity index (χ1v) is 4.78. The fourth-order valence-corrected chi connectivity index (χ4v) is 1.80. The van der Waals surface area contributed by atoms with Crippen LogP contribution in [0.4, 0.5) is 8.78 Å². The van der Waals surface area contributed by atoms with Crippen LogP contribution >= 0.6 is 43.5 Å². The van der Waals surface area contributed by atoms with Crippen molar-refractivity contribution in [1.29, 1.82) is 0 Å². The molecule has 0 bridgehead atoms. The van der Waals surface area contributed by atoms with Crippen LogP contribution < -0.4 is 0 Å². The van der Waals surface area contributed by atoms with Crippen molar-refractivity contribution in [2.45, 2.75) is 6.43 Å². The Morgan fingerprint density at radius 2 is 2.00 bits per heavy atom. The van der Waals surface area contributed by atoms with Gasteiger partial charge < -0.3 is 0 Å². The lowest BCUT2D eigenvalue weighted by atomic mass is 10.3. The van der Waals surface area contributed by atoms with Gasteiger partial charge in [-0.15, -0.1) is 0 Å². The van der Waals surface area contributed by atoms with E-state index < -0.39 is 6.43 Å². The molecule has 0 N–H and O–H groups in total. The minimum atomic E-state index is -2.61. The lowest BCUT2D eigenvalue weighted by Gasteiger charge is -2.05. The highest BCUT2D eigenvalue weighted by atomic mass is 79.9. The summed E-state index contributed by atoms with van der Waals surface area (Å²) in [5, 5.41) is -0.0416. The van der Waals surface area contributed by atoms with Crippen LogP contribution in [0.15, 0.2) is 15.3 Å². The Kier molecular flexibility index (Phi) is 3.43. The zero-order valence-electron chi connectivity index (χ0n) is 5.49. The van der Waals surface area contributed by atoms with Gasteiger partial charge >= 0.3 is 0 Å². The van der Waals surface area contributed by atoms with Gasteiger partial charge in [0.1, 0.15) is 4.60 Å². The number of nitrogens with zero attached hydrogens (tertiary/aromatic N) is 1. The molecular formula is C6H2Br2ClF2N. The highest BCUT2D eigenvalue weighted by Gasteiger charge is 2.18. The predicted octanol–water partition coefficient (Wildman–Crippen LogP) is 4.20. The highest BCUT2D eigenvalue weighted by Crippen LogP contribution is 2.36. The van der Waals surface area contributed by atoms with Gasteiger partial charge in [-0.2, -0.15) is 0 Å². The van der Waals surface area contributed by atoms with Crippen LogP contribution in [0.1, 0.15) is 12.0 Å². The highest BCUT2D eigenvalue weighted by molar-refractivity contribution is 9.13. The monoisotopic (exact) mass is 319 g/mol. The number of alkyl halides is 2. The Balaban J connectivity index is 3.33. The van der Waals surface area contributed by atoms with Crippen molar-refractivity contribution >= 4 is 43.5 Å². The van der Waals surface area contributed by atoms with E-state index in [0.29, 0.717) is 4.60 Å². The lowest BCUT2D eigenvalue weighted by Crippen LogP contribution is -1.91. The summed E-state index contributed by atoms with van der Waals surface area (Å²) in [7, 11) is 0. The molecule has 0 amide bonds. The van der Waals surface area contributed by atoms with E-state index in [1.807, 2.05) is 0 Å². The minimum Gasteiger partial charge on any atom is -0.247 e. The maximum atomic E-state index is 12.3. The average molecular weight is 321 g/mol. The number of pyridine rings is 1. The van der Waals surface area contributed by atoms with E-state index in [9.17, 15) is 8.78 Å². The number of hydrogen-bond donors (Lipinski definition) is 0. The second-order valence-corrected chi connectivity index (χ2v) is 3.88. The molecule has 0 aliphatic carbocycles. The SMILES string of the molecule is FC(F)c1c(Cl)cnc(Br)c1Br. The quantitative estimate of drug-likeness (QED) is 0.707. The maximum Gasteiger partial charge on any atom is 0.266 e. The molecule has 1 nitrogen and oxygen atoms in total. The van der Waals surface area contributed by atoms with E-state index in [4.69, 9.17) is 11.6 Å². The van der Waals surface area contributed by atoms with Gasteiger partial charge in [0.05, 0.1) is 15.1 Å². The summed E-state index contributed by atoms with van der Waals surface area (Å²) in [6.45, 7) is 0. The molecule has 1 aromatic rings. The summed E-state index contributed by atoms with van der Waals surface area (Å²) in [5.41, 5.74) is -0.237. The lowest BCUT2D eigenvalue weighted by molar-refractivity contribution is 0.150. The second kappa shape index (κ2) is 3.98. The molecule has 0 aliphatic rings. The van der Waals surface area contributed by atoms with Crippen LogP contribution in [0, 0.1) is 0 Å². The smallest absolute Gasteiger partial charge is 0.247 e. The van der Waals surface area contributed by atoms with Gasteiger partial charge in [-0.05, 0) is 31.9 Å². The van der Waals surface area contributed by atoms with E-state index in [-0.39, 0.29) is 15.1 Å². The zero-order valence-corrected chi connectivity index (χ0v) is 9.42. The molecule has 0 aliphatic heterocycles. The third-order valence-electron chi connectivity index (χ3n) is 1.18. The number of rotatable bonds is 1. The van der Waals surface area contributed by atoms with Gasteiger partial charge in [0.15, 0.2) is 0 Å². The third kappa shape index (κ3) is 1.95. The molecule has 1 heterocycles. The summed E-state index contributed by atoms with van der Waals surface area (Å²) < 4.78 is 25.1. The Morgan fingerprint density at radius 1 is 1.42 bits per heavy atom. The van der Waals surface area contributed by atoms with Crippen molar-refractivity contribution in [2.75, 3.05) is 0 Å². The molecule has 12 heavy (non-hydrogen) atoms. The van der Waals surface area contributed by atoms with Crippen molar-refractivity contribution in [1.82, 2.24) is 4.98 Å². The molecule has 0 spiro atoms. The van der Waals surface area contributed by atoms with Gasteiger partial charge in [-0.25, -0.2) is 13.8 Å². The van der Waals surface area contributed by atoms with Crippen molar-refractivity contribution < 1.29 is 8.78 Å². The molecule has 0 aromatic carbocycles. The van der Waals surface area contributed by atoms with E-state index in [1.165, 1.54) is 6.20 Å². The van der Waals surface area contributed by atoms with Crippen LogP contribution in [0.2, 0.25) is 5.02 Å². The number of halogens is 5. The molecule has 6 heteroatoms. The van der Waals surface area contributed by atoms with Crippen LogP contribution in [0.3, 0.4) is 0 Å². The predicted molar refractivity (Wildman–Crippen MR) is 49.6 cm³/mol. The van der Waals surface area contributed by atoms with Crippen molar-refractivity contribution in [3.05, 3.63) is 25.9 Å². The molecule has 1 aromatic heterocycles. The molecule has 66 valence electrons. The van der Waals surface area contributed by atoms with Crippen LogP contribution in [0.5, 0.6) is 0 Å². The Hall–Kier alpha value is 0.260. The molecule has 0 atom stereocenters. The standard InChI is InChI=1S/C6H2Br2ClF2N/c7-4-3(6(10)11)2(9)1-12-5(4)8/h1,6H. The fourth-order valence-electron chi connectivity index (χ4n) is 0.656. The van der Waals surface area contributed by atoms with E-state index >= 15 is 0 Å². The van der Waals surface area contributed by atoms with Crippen molar-refractivity contribution in [3.63, 3.8) is 0 Å². The van der Waals surface area contributed by atoms with Gasteiger partial charge in [0.25, 0.3) is 6.43 Å².